The van der Waals surface area contributed by atoms with Crippen molar-refractivity contribution in [3.8, 4) is 0 Å². The molecule has 11 heteroatoms. The fourth-order valence-electron chi connectivity index (χ4n) is 3.46. The normalized spacial score (nSPS) is 14.4. The molecule has 1 N–H and O–H groups in total. The topological polar surface area (TPSA) is 60.4 Å². The second-order valence-corrected chi connectivity index (χ2v) is 8.19. The van der Waals surface area contributed by atoms with Crippen molar-refractivity contribution in [2.45, 2.75) is 6.18 Å². The van der Waals surface area contributed by atoms with Crippen LogP contribution in [0.3, 0.4) is 0 Å². The van der Waals surface area contributed by atoms with Crippen LogP contribution in [0.25, 0.3) is 0 Å². The zero-order valence-electron chi connectivity index (χ0n) is 18.1. The summed E-state index contributed by atoms with van der Waals surface area (Å²) in [4.78, 5) is 19.8. The van der Waals surface area contributed by atoms with Crippen LogP contribution in [-0.4, -0.2) is 55.2 Å². The van der Waals surface area contributed by atoms with Gasteiger partial charge < -0.3 is 20.0 Å². The molecular formula is C22H23ClF3N7. The third kappa shape index (κ3) is 5.39. The molecule has 1 fully saturated rings. The first-order valence-electron chi connectivity index (χ1n) is 10.3. The van der Waals surface area contributed by atoms with Gasteiger partial charge in [-0.1, -0.05) is 17.7 Å². The molecule has 4 rings (SSSR count). The Labute approximate surface area is 194 Å². The van der Waals surface area contributed by atoms with E-state index in [0.717, 1.165) is 31.0 Å². The van der Waals surface area contributed by atoms with Crippen LogP contribution in [0.1, 0.15) is 5.56 Å². The second-order valence-electron chi connectivity index (χ2n) is 7.79. The highest BCUT2D eigenvalue weighted by molar-refractivity contribution is 6.33. The predicted molar refractivity (Wildman–Crippen MR) is 125 cm³/mol. The van der Waals surface area contributed by atoms with Gasteiger partial charge in [0.15, 0.2) is 0 Å². The Kier molecular flexibility index (Phi) is 6.46. The van der Waals surface area contributed by atoms with Crippen molar-refractivity contribution in [1.29, 1.82) is 0 Å². The number of aromatic nitrogens is 3. The lowest BCUT2D eigenvalue weighted by Gasteiger charge is -2.35. The maximum absolute atomic E-state index is 12.9. The molecule has 1 saturated heterocycles. The van der Waals surface area contributed by atoms with Crippen molar-refractivity contribution in [3.63, 3.8) is 0 Å². The van der Waals surface area contributed by atoms with Gasteiger partial charge in [-0.3, -0.25) is 0 Å². The monoisotopic (exact) mass is 477 g/mol. The Bertz CT molecular complexity index is 1100. The number of benzene rings is 1. The van der Waals surface area contributed by atoms with Crippen LogP contribution in [0.15, 0.2) is 48.7 Å². The maximum Gasteiger partial charge on any atom is 0.416 e. The van der Waals surface area contributed by atoms with Gasteiger partial charge in [0.05, 0.1) is 16.3 Å². The molecule has 174 valence electrons. The maximum atomic E-state index is 12.9. The molecule has 0 bridgehead atoms. The molecule has 0 amide bonds. The molecule has 0 radical (unpaired) electrons. The van der Waals surface area contributed by atoms with Crippen LogP contribution < -0.4 is 20.0 Å². The Hall–Kier alpha value is -3.27. The molecular weight excluding hydrogens is 455 g/mol. The van der Waals surface area contributed by atoms with Crippen molar-refractivity contribution in [2.75, 3.05) is 60.3 Å². The molecule has 0 saturated carbocycles. The van der Waals surface area contributed by atoms with Gasteiger partial charge in [0.1, 0.15) is 17.5 Å². The van der Waals surface area contributed by atoms with Crippen molar-refractivity contribution >= 4 is 40.7 Å². The Morgan fingerprint density at radius 1 is 0.970 bits per heavy atom. The van der Waals surface area contributed by atoms with E-state index in [9.17, 15) is 13.2 Å². The molecule has 1 aliphatic rings. The summed E-state index contributed by atoms with van der Waals surface area (Å²) in [5, 5.41) is 2.99. The van der Waals surface area contributed by atoms with Crippen molar-refractivity contribution < 1.29 is 13.2 Å². The highest BCUT2D eigenvalue weighted by Gasteiger charge is 2.31. The number of rotatable bonds is 5. The molecule has 1 aliphatic heterocycles. The lowest BCUT2D eigenvalue weighted by molar-refractivity contribution is -0.137. The summed E-state index contributed by atoms with van der Waals surface area (Å²) in [6.07, 6.45) is -2.69. The number of nitrogens with zero attached hydrogens (tertiary/aromatic N) is 6. The quantitative estimate of drug-likeness (QED) is 0.572. The van der Waals surface area contributed by atoms with Crippen molar-refractivity contribution in [2.24, 2.45) is 0 Å². The fourth-order valence-corrected chi connectivity index (χ4v) is 3.69. The first-order valence-corrected chi connectivity index (χ1v) is 10.7. The molecule has 0 spiro atoms. The number of hydrogen-bond donors (Lipinski definition) is 1. The standard InChI is InChI=1S/C22H23ClF3N7/c1-31(2)20-14-18(28-17-7-6-15(13-16(17)23)22(24,25)26)29-21(30-20)33-11-9-32(10-12-33)19-5-3-4-8-27-19/h3-8,13-14H,9-12H2,1-2H3,(H,28,29,30). The van der Waals surface area contributed by atoms with Crippen LogP contribution in [-0.2, 0) is 6.18 Å². The summed E-state index contributed by atoms with van der Waals surface area (Å²) in [6.45, 7) is 2.93. The van der Waals surface area contributed by atoms with Gasteiger partial charge in [-0.05, 0) is 30.3 Å². The SMILES string of the molecule is CN(C)c1cc(Nc2ccc(C(F)(F)F)cc2Cl)nc(N2CCN(c3ccccn3)CC2)n1. The summed E-state index contributed by atoms with van der Waals surface area (Å²) >= 11 is 6.11. The largest absolute Gasteiger partial charge is 0.416 e. The highest BCUT2D eigenvalue weighted by Crippen LogP contribution is 2.35. The fraction of sp³-hybridized carbons (Fsp3) is 0.318. The van der Waals surface area contributed by atoms with E-state index in [2.05, 4.69) is 30.1 Å². The molecule has 2 aromatic heterocycles. The first kappa shape index (κ1) is 22.9. The van der Waals surface area contributed by atoms with Gasteiger partial charge in [0.2, 0.25) is 5.95 Å². The summed E-state index contributed by atoms with van der Waals surface area (Å²) in [6, 6.07) is 10.7. The van der Waals surface area contributed by atoms with Gasteiger partial charge in [0.25, 0.3) is 0 Å². The number of nitrogens with one attached hydrogen (secondary N) is 1. The molecule has 3 aromatic rings. The molecule has 0 aliphatic carbocycles. The number of piperazine rings is 1. The van der Waals surface area contributed by atoms with Crippen LogP contribution in [0.2, 0.25) is 5.02 Å². The molecule has 3 heterocycles. The van der Waals surface area contributed by atoms with Crippen LogP contribution in [0.4, 0.5) is 42.3 Å². The van der Waals surface area contributed by atoms with E-state index >= 15 is 0 Å². The molecule has 1 aromatic carbocycles. The van der Waals surface area contributed by atoms with Crippen LogP contribution >= 0.6 is 11.6 Å². The third-order valence-corrected chi connectivity index (χ3v) is 5.57. The van der Waals surface area contributed by atoms with Crippen LogP contribution in [0, 0.1) is 0 Å². The van der Waals surface area contributed by atoms with E-state index in [1.165, 1.54) is 6.07 Å². The molecule has 7 nitrogen and oxygen atoms in total. The van der Waals surface area contributed by atoms with Gasteiger partial charge in [-0.2, -0.15) is 23.1 Å². The molecule has 33 heavy (non-hydrogen) atoms. The van der Waals surface area contributed by atoms with E-state index in [1.54, 1.807) is 12.3 Å². The highest BCUT2D eigenvalue weighted by atomic mass is 35.5. The van der Waals surface area contributed by atoms with E-state index in [4.69, 9.17) is 11.6 Å². The minimum atomic E-state index is -4.46. The van der Waals surface area contributed by atoms with Gasteiger partial charge in [0, 0.05) is 52.5 Å². The summed E-state index contributed by atoms with van der Waals surface area (Å²) in [7, 11) is 3.72. The Morgan fingerprint density at radius 2 is 1.70 bits per heavy atom. The number of anilines is 5. The van der Waals surface area contributed by atoms with E-state index in [-0.39, 0.29) is 5.02 Å². The van der Waals surface area contributed by atoms with Crippen molar-refractivity contribution in [1.82, 2.24) is 15.0 Å². The lowest BCUT2D eigenvalue weighted by Crippen LogP contribution is -2.47. The number of alkyl halides is 3. The minimum absolute atomic E-state index is 0.0413. The number of hydrogen-bond acceptors (Lipinski definition) is 7. The van der Waals surface area contributed by atoms with Gasteiger partial charge in [-0.25, -0.2) is 4.98 Å². The van der Waals surface area contributed by atoms with E-state index in [1.807, 2.05) is 37.2 Å². The number of pyridine rings is 1. The Balaban J connectivity index is 1.54. The zero-order valence-corrected chi connectivity index (χ0v) is 18.9. The molecule has 0 unspecified atom stereocenters. The third-order valence-electron chi connectivity index (χ3n) is 5.25. The minimum Gasteiger partial charge on any atom is -0.363 e. The average molecular weight is 478 g/mol. The van der Waals surface area contributed by atoms with Gasteiger partial charge in [-0.15, -0.1) is 0 Å². The smallest absolute Gasteiger partial charge is 0.363 e. The number of halogens is 4. The Morgan fingerprint density at radius 3 is 2.30 bits per heavy atom. The first-order chi connectivity index (χ1) is 15.7. The van der Waals surface area contributed by atoms with E-state index in [0.29, 0.717) is 36.4 Å². The lowest BCUT2D eigenvalue weighted by atomic mass is 10.2. The summed E-state index contributed by atoms with van der Waals surface area (Å²) in [5.74, 6) is 2.57. The van der Waals surface area contributed by atoms with Crippen molar-refractivity contribution in [3.05, 3.63) is 59.2 Å². The predicted octanol–water partition coefficient (Wildman–Crippen LogP) is 4.68. The van der Waals surface area contributed by atoms with Gasteiger partial charge >= 0.3 is 6.18 Å². The molecule has 0 atom stereocenters. The van der Waals surface area contributed by atoms with Crippen LogP contribution in [0.5, 0.6) is 0 Å². The second kappa shape index (κ2) is 9.30. The summed E-state index contributed by atoms with van der Waals surface area (Å²) < 4.78 is 38.8. The zero-order chi connectivity index (χ0) is 23.6. The summed E-state index contributed by atoms with van der Waals surface area (Å²) in [5.41, 5.74) is -0.472. The average Bonchev–Trinajstić information content (AvgIpc) is 2.80. The van der Waals surface area contributed by atoms with E-state index < -0.39 is 11.7 Å².